The molecule has 0 atom stereocenters. The first-order valence-electron chi connectivity index (χ1n) is 4.99. The Morgan fingerprint density at radius 2 is 2.00 bits per heavy atom. The Balaban J connectivity index is 3.36. The van der Waals surface area contributed by atoms with Gasteiger partial charge in [0.05, 0.1) is 6.42 Å². The third-order valence-electron chi connectivity index (χ3n) is 1.44. The largest absolute Gasteiger partial charge is 0.460 e. The average Bonchev–Trinajstić information content (AvgIpc) is 2.00. The van der Waals surface area contributed by atoms with Crippen molar-refractivity contribution < 1.29 is 14.6 Å². The SMILES string of the molecule is CC(C)(C)OC(=O)CCNCCCO. The summed E-state index contributed by atoms with van der Waals surface area (Å²) in [6, 6.07) is 0. The first-order chi connectivity index (χ1) is 6.45. The molecule has 0 aliphatic carbocycles. The number of aliphatic hydroxyl groups excluding tert-OH is 1. The third kappa shape index (κ3) is 9.48. The fourth-order valence-electron chi connectivity index (χ4n) is 0.912. The first-order valence-corrected chi connectivity index (χ1v) is 4.99. The van der Waals surface area contributed by atoms with Gasteiger partial charge in [-0.05, 0) is 33.7 Å². The van der Waals surface area contributed by atoms with Crippen LogP contribution in [0.25, 0.3) is 0 Å². The van der Waals surface area contributed by atoms with E-state index in [9.17, 15) is 4.79 Å². The van der Waals surface area contributed by atoms with Crippen molar-refractivity contribution in [3.8, 4) is 0 Å². The number of carbonyl (C=O) groups is 1. The van der Waals surface area contributed by atoms with Gasteiger partial charge in [-0.1, -0.05) is 0 Å². The summed E-state index contributed by atoms with van der Waals surface area (Å²) in [6.07, 6.45) is 1.09. The summed E-state index contributed by atoms with van der Waals surface area (Å²) in [5, 5.41) is 11.5. The molecular weight excluding hydrogens is 182 g/mol. The highest BCUT2D eigenvalue weighted by atomic mass is 16.6. The molecule has 0 aromatic carbocycles. The molecule has 0 rings (SSSR count). The standard InChI is InChI=1S/C10H21NO3/c1-10(2,3)14-9(13)5-7-11-6-4-8-12/h11-12H,4-8H2,1-3H3. The monoisotopic (exact) mass is 203 g/mol. The second-order valence-corrected chi connectivity index (χ2v) is 4.16. The van der Waals surface area contributed by atoms with Gasteiger partial charge in [-0.15, -0.1) is 0 Å². The topological polar surface area (TPSA) is 58.6 Å². The fourth-order valence-corrected chi connectivity index (χ4v) is 0.912. The van der Waals surface area contributed by atoms with E-state index in [2.05, 4.69) is 5.32 Å². The Morgan fingerprint density at radius 3 is 2.50 bits per heavy atom. The molecule has 0 heterocycles. The van der Waals surface area contributed by atoms with Crippen LogP contribution in [0.5, 0.6) is 0 Å². The second-order valence-electron chi connectivity index (χ2n) is 4.16. The summed E-state index contributed by atoms with van der Waals surface area (Å²) in [4.78, 5) is 11.2. The van der Waals surface area contributed by atoms with E-state index in [4.69, 9.17) is 9.84 Å². The molecule has 0 radical (unpaired) electrons. The zero-order valence-electron chi connectivity index (χ0n) is 9.30. The second kappa shape index (κ2) is 6.79. The minimum Gasteiger partial charge on any atom is -0.460 e. The minimum absolute atomic E-state index is 0.180. The van der Waals surface area contributed by atoms with E-state index < -0.39 is 5.60 Å². The maximum Gasteiger partial charge on any atom is 0.307 e. The van der Waals surface area contributed by atoms with Gasteiger partial charge in [0.1, 0.15) is 5.60 Å². The molecule has 0 unspecified atom stereocenters. The molecule has 2 N–H and O–H groups in total. The summed E-state index contributed by atoms with van der Waals surface area (Å²) >= 11 is 0. The predicted molar refractivity (Wildman–Crippen MR) is 55.0 cm³/mol. The molecule has 0 saturated carbocycles. The van der Waals surface area contributed by atoms with Crippen molar-refractivity contribution in [1.82, 2.24) is 5.32 Å². The number of aliphatic hydroxyl groups is 1. The van der Waals surface area contributed by atoms with Crippen LogP contribution in [0.2, 0.25) is 0 Å². The van der Waals surface area contributed by atoms with Crippen LogP contribution in [0.15, 0.2) is 0 Å². The molecule has 14 heavy (non-hydrogen) atoms. The fraction of sp³-hybridized carbons (Fsp3) is 0.900. The van der Waals surface area contributed by atoms with Crippen molar-refractivity contribution in [3.63, 3.8) is 0 Å². The molecular formula is C10H21NO3. The van der Waals surface area contributed by atoms with Crippen LogP contribution in [0.1, 0.15) is 33.6 Å². The smallest absolute Gasteiger partial charge is 0.307 e. The van der Waals surface area contributed by atoms with Crippen LogP contribution in [0.3, 0.4) is 0 Å². The number of nitrogens with one attached hydrogen (secondary N) is 1. The van der Waals surface area contributed by atoms with E-state index in [1.54, 1.807) is 0 Å². The Bertz CT molecular complexity index is 163. The molecule has 0 aromatic rings. The van der Waals surface area contributed by atoms with E-state index in [0.29, 0.717) is 19.4 Å². The number of ether oxygens (including phenoxy) is 1. The summed E-state index contributed by atoms with van der Waals surface area (Å²) in [7, 11) is 0. The van der Waals surface area contributed by atoms with Gasteiger partial charge >= 0.3 is 5.97 Å². The molecule has 0 bridgehead atoms. The number of hydrogen-bond acceptors (Lipinski definition) is 4. The zero-order chi connectivity index (χ0) is 11.0. The van der Waals surface area contributed by atoms with Gasteiger partial charge in [-0.2, -0.15) is 0 Å². The van der Waals surface area contributed by atoms with Crippen molar-refractivity contribution in [2.24, 2.45) is 0 Å². The first kappa shape index (κ1) is 13.4. The highest BCUT2D eigenvalue weighted by molar-refractivity contribution is 5.70. The van der Waals surface area contributed by atoms with Crippen LogP contribution in [-0.4, -0.2) is 36.4 Å². The van der Waals surface area contributed by atoms with Crippen LogP contribution in [0, 0.1) is 0 Å². The minimum atomic E-state index is -0.401. The summed E-state index contributed by atoms with van der Waals surface area (Å²) in [5.74, 6) is -0.186. The molecule has 0 amide bonds. The number of rotatable bonds is 6. The molecule has 0 spiro atoms. The van der Waals surface area contributed by atoms with Crippen molar-refractivity contribution in [1.29, 1.82) is 0 Å². The van der Waals surface area contributed by atoms with Gasteiger partial charge in [0.2, 0.25) is 0 Å². The van der Waals surface area contributed by atoms with E-state index in [1.807, 2.05) is 20.8 Å². The lowest BCUT2D eigenvalue weighted by molar-refractivity contribution is -0.154. The Morgan fingerprint density at radius 1 is 1.36 bits per heavy atom. The molecule has 0 aromatic heterocycles. The van der Waals surface area contributed by atoms with E-state index in [-0.39, 0.29) is 12.6 Å². The van der Waals surface area contributed by atoms with E-state index in [1.165, 1.54) is 0 Å². The van der Waals surface area contributed by atoms with Crippen molar-refractivity contribution in [2.45, 2.75) is 39.2 Å². The van der Waals surface area contributed by atoms with Crippen LogP contribution >= 0.6 is 0 Å². The third-order valence-corrected chi connectivity index (χ3v) is 1.44. The highest BCUT2D eigenvalue weighted by Crippen LogP contribution is 2.07. The normalized spacial score (nSPS) is 11.4. The lowest BCUT2D eigenvalue weighted by Crippen LogP contribution is -2.27. The quantitative estimate of drug-likeness (QED) is 0.492. The zero-order valence-corrected chi connectivity index (χ0v) is 9.30. The number of carbonyl (C=O) groups excluding carboxylic acids is 1. The maximum absolute atomic E-state index is 11.2. The Labute approximate surface area is 85.6 Å². The Hall–Kier alpha value is -0.610. The van der Waals surface area contributed by atoms with Crippen LogP contribution in [0.4, 0.5) is 0 Å². The number of esters is 1. The van der Waals surface area contributed by atoms with Gasteiger partial charge in [-0.25, -0.2) is 0 Å². The highest BCUT2D eigenvalue weighted by Gasteiger charge is 2.15. The molecule has 0 aliphatic rings. The summed E-state index contributed by atoms with van der Waals surface area (Å²) < 4.78 is 5.12. The van der Waals surface area contributed by atoms with Crippen molar-refractivity contribution in [3.05, 3.63) is 0 Å². The van der Waals surface area contributed by atoms with Gasteiger partial charge < -0.3 is 15.2 Å². The van der Waals surface area contributed by atoms with E-state index >= 15 is 0 Å². The summed E-state index contributed by atoms with van der Waals surface area (Å²) in [5.41, 5.74) is -0.401. The molecule has 0 saturated heterocycles. The van der Waals surface area contributed by atoms with E-state index in [0.717, 1.165) is 6.54 Å². The molecule has 4 heteroatoms. The summed E-state index contributed by atoms with van der Waals surface area (Å²) in [6.45, 7) is 7.08. The van der Waals surface area contributed by atoms with Crippen LogP contribution < -0.4 is 5.32 Å². The average molecular weight is 203 g/mol. The van der Waals surface area contributed by atoms with Gasteiger partial charge in [-0.3, -0.25) is 4.79 Å². The van der Waals surface area contributed by atoms with Gasteiger partial charge in [0.15, 0.2) is 0 Å². The van der Waals surface area contributed by atoms with Crippen molar-refractivity contribution in [2.75, 3.05) is 19.7 Å². The lowest BCUT2D eigenvalue weighted by atomic mass is 10.2. The lowest BCUT2D eigenvalue weighted by Gasteiger charge is -2.19. The molecule has 84 valence electrons. The van der Waals surface area contributed by atoms with Crippen molar-refractivity contribution >= 4 is 5.97 Å². The van der Waals surface area contributed by atoms with Crippen LogP contribution in [-0.2, 0) is 9.53 Å². The van der Waals surface area contributed by atoms with Gasteiger partial charge in [0, 0.05) is 13.2 Å². The van der Waals surface area contributed by atoms with Gasteiger partial charge in [0.25, 0.3) is 0 Å². The predicted octanol–water partition coefficient (Wildman–Crippen LogP) is 0.690. The maximum atomic E-state index is 11.2. The Kier molecular flexibility index (Phi) is 6.49. The molecule has 0 aliphatic heterocycles. The number of hydrogen-bond donors (Lipinski definition) is 2. The molecule has 4 nitrogen and oxygen atoms in total. The molecule has 0 fully saturated rings.